The number of anilines is 4. The van der Waals surface area contributed by atoms with Gasteiger partial charge in [-0.1, -0.05) is 11.6 Å². The number of hydrogen-bond donors (Lipinski definition) is 3. The Hall–Kier alpha value is -5.85. The Morgan fingerprint density at radius 2 is 1.73 bits per heavy atom. The lowest BCUT2D eigenvalue weighted by Crippen LogP contribution is -2.56. The molecule has 4 aromatic rings. The molecule has 9 rings (SSSR count). The summed E-state index contributed by atoms with van der Waals surface area (Å²) in [6.45, 7) is 7.94. The maximum absolute atomic E-state index is 16.0. The zero-order chi connectivity index (χ0) is 44.8. The third-order valence-corrected chi connectivity index (χ3v) is 13.4. The minimum absolute atomic E-state index is 0.0113. The Bertz CT molecular complexity index is 2550. The molecule has 4 amide bonds. The topological polar surface area (TPSA) is 184 Å². The lowest BCUT2D eigenvalue weighted by atomic mass is 9.87. The van der Waals surface area contributed by atoms with Crippen molar-refractivity contribution < 1.29 is 33.0 Å². The first kappa shape index (κ1) is 43.4. The van der Waals surface area contributed by atoms with E-state index in [4.69, 9.17) is 26.1 Å². The summed E-state index contributed by atoms with van der Waals surface area (Å²) < 4.78 is 29.8. The van der Waals surface area contributed by atoms with Gasteiger partial charge in [0.2, 0.25) is 17.8 Å². The molecule has 5 aliphatic rings. The Balaban J connectivity index is 0.746. The Labute approximate surface area is 374 Å². The van der Waals surface area contributed by atoms with E-state index in [1.165, 1.54) is 11.9 Å². The highest BCUT2D eigenvalue weighted by Gasteiger charge is 2.42. The molecule has 64 heavy (non-hydrogen) atoms. The van der Waals surface area contributed by atoms with Crippen LogP contribution in [0.1, 0.15) is 74.3 Å². The first-order valence-electron chi connectivity index (χ1n) is 22.0. The number of fused-ring (bicyclic) bond motifs is 2. The highest BCUT2D eigenvalue weighted by molar-refractivity contribution is 6.33. The number of carbonyl (C=O) groups excluding carboxylic acids is 4. The number of pyridine rings is 1. The highest BCUT2D eigenvalue weighted by atomic mass is 35.5. The number of ether oxygens (including phenoxy) is 2. The number of benzene rings is 2. The maximum Gasteiger partial charge on any atom is 0.293 e. The van der Waals surface area contributed by atoms with Crippen LogP contribution in [0.4, 0.5) is 27.5 Å². The fourth-order valence-corrected chi connectivity index (χ4v) is 9.68. The molecule has 2 aromatic carbocycles. The molecule has 3 saturated heterocycles. The second-order valence-corrected chi connectivity index (χ2v) is 17.8. The smallest absolute Gasteiger partial charge is 0.293 e. The van der Waals surface area contributed by atoms with E-state index < -0.39 is 17.8 Å². The lowest BCUT2D eigenvalue weighted by Gasteiger charge is -2.47. The van der Waals surface area contributed by atoms with Crippen molar-refractivity contribution in [1.82, 2.24) is 35.0 Å². The quantitative estimate of drug-likeness (QED) is 0.173. The molecule has 338 valence electrons. The standard InChI is InChI=1S/C45H52ClFN10O7/c1-25(2)57-34-6-4-27(18-26(34)19-37(44(57)62)63-24-39(59)48-3)50-41-33(46)22-49-45(52-41)55-12-10-29(11-13-55)64-30-20-28(21-30)53-14-16-54(17-15-53)35-7-5-31-32(40(35)47)23-56(43(31)61)36-8-9-38(58)51-42(36)60/h4-7,18-19,22,25,28-30,36H,8-17,20-21,23-24H2,1-3H3,(H,48,59)(H,49,50,52)(H,51,58,60)/t28-,30-,36?. The van der Waals surface area contributed by atoms with E-state index in [9.17, 15) is 24.0 Å². The summed E-state index contributed by atoms with van der Waals surface area (Å²) in [5, 5.41) is 9.22. The SMILES string of the molecule is CNC(=O)COc1cc2cc(Nc3nc(N4CCC(O[C@H]5C[C@H](N6CCN(c7ccc8c(c7F)CN(C7CCC(=O)NC7=O)C8=O)CC6)C5)CC4)ncc3Cl)ccc2n(C(C)C)c1=O. The van der Waals surface area contributed by atoms with Gasteiger partial charge in [-0.2, -0.15) is 4.98 Å². The van der Waals surface area contributed by atoms with Gasteiger partial charge in [-0.15, -0.1) is 0 Å². The van der Waals surface area contributed by atoms with Crippen LogP contribution in [0.3, 0.4) is 0 Å². The molecule has 1 unspecified atom stereocenters. The largest absolute Gasteiger partial charge is 0.478 e. The second-order valence-electron chi connectivity index (χ2n) is 17.4. The van der Waals surface area contributed by atoms with E-state index in [1.54, 1.807) is 29.0 Å². The Kier molecular flexibility index (Phi) is 12.2. The van der Waals surface area contributed by atoms with Crippen molar-refractivity contribution in [3.8, 4) is 5.75 Å². The number of hydrogen-bond acceptors (Lipinski definition) is 13. The molecule has 1 aliphatic carbocycles. The molecule has 0 bridgehead atoms. The number of imide groups is 1. The summed E-state index contributed by atoms with van der Waals surface area (Å²) >= 11 is 6.59. The number of halogens is 2. The number of piperidine rings is 2. The number of amides is 4. The molecule has 1 atom stereocenters. The summed E-state index contributed by atoms with van der Waals surface area (Å²) in [6.07, 6.45) is 5.88. The fourth-order valence-electron chi connectivity index (χ4n) is 9.54. The van der Waals surface area contributed by atoms with Gasteiger partial charge in [-0.3, -0.25) is 34.2 Å². The third-order valence-electron chi connectivity index (χ3n) is 13.1. The van der Waals surface area contributed by atoms with Crippen LogP contribution < -0.4 is 36.0 Å². The van der Waals surface area contributed by atoms with E-state index >= 15 is 4.39 Å². The van der Waals surface area contributed by atoms with Crippen molar-refractivity contribution in [2.75, 3.05) is 68.0 Å². The zero-order valence-corrected chi connectivity index (χ0v) is 36.8. The Morgan fingerprint density at radius 3 is 2.45 bits per heavy atom. The monoisotopic (exact) mass is 898 g/mol. The van der Waals surface area contributed by atoms with E-state index in [-0.39, 0.29) is 78.8 Å². The first-order valence-corrected chi connectivity index (χ1v) is 22.4. The lowest BCUT2D eigenvalue weighted by molar-refractivity contribution is -0.137. The number of rotatable bonds is 12. The number of likely N-dealkylation sites (N-methyl/N-ethyl adjacent to an activating group) is 1. The zero-order valence-electron chi connectivity index (χ0n) is 36.1. The molecule has 0 radical (unpaired) electrons. The van der Waals surface area contributed by atoms with Gasteiger partial charge in [0.1, 0.15) is 11.1 Å². The van der Waals surface area contributed by atoms with Crippen LogP contribution in [0, 0.1) is 5.82 Å². The predicted octanol–water partition coefficient (Wildman–Crippen LogP) is 4.13. The predicted molar refractivity (Wildman–Crippen MR) is 238 cm³/mol. The van der Waals surface area contributed by atoms with Crippen LogP contribution >= 0.6 is 11.6 Å². The van der Waals surface area contributed by atoms with Gasteiger partial charge in [0.05, 0.1) is 36.2 Å². The molecule has 3 N–H and O–H groups in total. The van der Waals surface area contributed by atoms with Crippen molar-refractivity contribution in [2.24, 2.45) is 0 Å². The minimum Gasteiger partial charge on any atom is -0.478 e. The van der Waals surface area contributed by atoms with Gasteiger partial charge in [0, 0.05) is 87.0 Å². The van der Waals surface area contributed by atoms with Crippen LogP contribution in [0.15, 0.2) is 47.4 Å². The average Bonchev–Trinajstić information content (AvgIpc) is 3.61. The molecule has 6 heterocycles. The summed E-state index contributed by atoms with van der Waals surface area (Å²) in [5.41, 5.74) is 2.17. The minimum atomic E-state index is -0.783. The molecular formula is C45H52ClFN10O7. The highest BCUT2D eigenvalue weighted by Crippen LogP contribution is 2.37. The van der Waals surface area contributed by atoms with E-state index in [0.717, 1.165) is 62.8 Å². The molecule has 19 heteroatoms. The molecule has 4 fully saturated rings. The summed E-state index contributed by atoms with van der Waals surface area (Å²) in [5.74, 6) is -0.904. The number of nitrogens with zero attached hydrogens (tertiary/aromatic N) is 7. The van der Waals surface area contributed by atoms with Gasteiger partial charge in [0.15, 0.2) is 24.0 Å². The van der Waals surface area contributed by atoms with Crippen molar-refractivity contribution in [3.05, 3.63) is 74.9 Å². The van der Waals surface area contributed by atoms with Crippen molar-refractivity contribution in [3.63, 3.8) is 0 Å². The molecule has 4 aliphatic heterocycles. The molecule has 2 aromatic heterocycles. The fraction of sp³-hybridized carbons (Fsp3) is 0.489. The average molecular weight is 899 g/mol. The van der Waals surface area contributed by atoms with E-state index in [0.29, 0.717) is 52.9 Å². The van der Waals surface area contributed by atoms with Gasteiger partial charge in [-0.05, 0) is 82.3 Å². The van der Waals surface area contributed by atoms with Crippen molar-refractivity contribution in [1.29, 1.82) is 0 Å². The van der Waals surface area contributed by atoms with Crippen LogP contribution in [0.5, 0.6) is 5.75 Å². The van der Waals surface area contributed by atoms with Crippen molar-refractivity contribution in [2.45, 2.75) is 89.3 Å². The first-order chi connectivity index (χ1) is 30.8. The van der Waals surface area contributed by atoms with Crippen LogP contribution in [0.2, 0.25) is 5.02 Å². The second kappa shape index (κ2) is 18.0. The summed E-state index contributed by atoms with van der Waals surface area (Å²) in [6, 6.07) is 10.1. The number of carbonyl (C=O) groups is 4. The van der Waals surface area contributed by atoms with E-state index in [1.807, 2.05) is 36.9 Å². The molecule has 17 nitrogen and oxygen atoms in total. The number of aromatic nitrogens is 3. The van der Waals surface area contributed by atoms with Crippen LogP contribution in [0.25, 0.3) is 10.9 Å². The third kappa shape index (κ3) is 8.57. The van der Waals surface area contributed by atoms with Gasteiger partial charge in [0.25, 0.3) is 17.4 Å². The van der Waals surface area contributed by atoms with Gasteiger partial charge < -0.3 is 39.4 Å². The van der Waals surface area contributed by atoms with Crippen LogP contribution in [-0.4, -0.2) is 125 Å². The van der Waals surface area contributed by atoms with Crippen molar-refractivity contribution >= 4 is 69.3 Å². The molecule has 1 saturated carbocycles. The van der Waals surface area contributed by atoms with Gasteiger partial charge >= 0.3 is 0 Å². The number of nitrogens with one attached hydrogen (secondary N) is 3. The normalized spacial score (nSPS) is 21.9. The van der Waals surface area contributed by atoms with E-state index in [2.05, 4.69) is 30.7 Å². The Morgan fingerprint density at radius 1 is 0.969 bits per heavy atom. The molecule has 0 spiro atoms. The summed E-state index contributed by atoms with van der Waals surface area (Å²) in [4.78, 5) is 79.7. The maximum atomic E-state index is 16.0. The summed E-state index contributed by atoms with van der Waals surface area (Å²) in [7, 11) is 1.51. The van der Waals surface area contributed by atoms with Gasteiger partial charge in [-0.25, -0.2) is 9.37 Å². The molecular weight excluding hydrogens is 847 g/mol. The number of piperazine rings is 1. The van der Waals surface area contributed by atoms with Crippen LogP contribution in [-0.2, 0) is 25.7 Å².